The van der Waals surface area contributed by atoms with Gasteiger partial charge in [-0.2, -0.15) is 0 Å². The number of nitrogen functional groups attached to an aromatic ring is 1. The molecule has 0 aromatic carbocycles. The molecule has 12 heteroatoms. The topological polar surface area (TPSA) is 147 Å². The number of oxime groups is 1. The summed E-state index contributed by atoms with van der Waals surface area (Å²) in [5, 5.41) is 17.3. The molecule has 3 rings (SSSR count). The van der Waals surface area contributed by atoms with Gasteiger partial charge in [0.2, 0.25) is 0 Å². The van der Waals surface area contributed by atoms with Crippen molar-refractivity contribution in [3.8, 4) is 0 Å². The number of nitrogens with two attached hydrogens (primary N) is 1. The van der Waals surface area contributed by atoms with Gasteiger partial charge in [-0.05, 0) is 19.4 Å². The minimum atomic E-state index is -1.18. The van der Waals surface area contributed by atoms with Gasteiger partial charge < -0.3 is 21.0 Å². The van der Waals surface area contributed by atoms with Crippen LogP contribution in [0.3, 0.4) is 0 Å². The van der Waals surface area contributed by atoms with E-state index in [4.69, 9.17) is 10.6 Å². The number of allylic oxidation sites excluding steroid dienone is 2. The largest absolute Gasteiger partial charge is 0.477 e. The number of nitrogens with one attached hydrogen (secondary N) is 1. The van der Waals surface area contributed by atoms with Gasteiger partial charge in [-0.25, -0.2) is 9.78 Å². The third kappa shape index (κ3) is 3.98. The molecule has 154 valence electrons. The standard InChI is InChI=1S/C17H19N5O5S2/c1-3-5-8-6-28-15-11(14(24)22(15)12(8)16(25)26)20-13(23)10(21-27-4-2)9-7-29-17(18)19-9/h3,5,7,11,15H,4,6H2,1-2H3,(H2,18,19)(H,20,23)(H,25,26)/b5-3-,21-10-/t11?,15-/m1/s1. The first-order chi connectivity index (χ1) is 13.9. The number of carbonyl (C=O) groups is 3. The van der Waals surface area contributed by atoms with Gasteiger partial charge in [0.25, 0.3) is 11.8 Å². The molecule has 0 bridgehead atoms. The van der Waals surface area contributed by atoms with E-state index in [0.29, 0.717) is 11.3 Å². The first-order valence-electron chi connectivity index (χ1n) is 8.65. The van der Waals surface area contributed by atoms with Gasteiger partial charge in [0.15, 0.2) is 10.8 Å². The van der Waals surface area contributed by atoms with Crippen molar-refractivity contribution in [2.24, 2.45) is 5.16 Å². The van der Waals surface area contributed by atoms with E-state index >= 15 is 0 Å². The third-order valence-electron chi connectivity index (χ3n) is 4.12. The summed E-state index contributed by atoms with van der Waals surface area (Å²) in [6.07, 6.45) is 3.39. The average Bonchev–Trinajstić information content (AvgIpc) is 3.12. The predicted octanol–water partition coefficient (Wildman–Crippen LogP) is 0.781. The molecule has 1 saturated heterocycles. The van der Waals surface area contributed by atoms with Gasteiger partial charge in [0, 0.05) is 11.1 Å². The molecular weight excluding hydrogens is 418 g/mol. The van der Waals surface area contributed by atoms with Crippen LogP contribution in [0, 0.1) is 0 Å². The van der Waals surface area contributed by atoms with Crippen molar-refractivity contribution in [1.29, 1.82) is 0 Å². The molecule has 2 atom stereocenters. The predicted molar refractivity (Wildman–Crippen MR) is 109 cm³/mol. The smallest absolute Gasteiger partial charge is 0.352 e. The van der Waals surface area contributed by atoms with Crippen molar-refractivity contribution in [3.63, 3.8) is 0 Å². The van der Waals surface area contributed by atoms with Crippen LogP contribution in [0.2, 0.25) is 0 Å². The number of anilines is 1. The Bertz CT molecular complexity index is 938. The highest BCUT2D eigenvalue weighted by atomic mass is 32.2. The molecule has 2 amide bonds. The second kappa shape index (κ2) is 8.66. The maximum absolute atomic E-state index is 12.7. The minimum Gasteiger partial charge on any atom is -0.477 e. The van der Waals surface area contributed by atoms with Crippen LogP contribution in [0.5, 0.6) is 0 Å². The molecule has 2 aliphatic heterocycles. The first-order valence-corrected chi connectivity index (χ1v) is 10.6. The van der Waals surface area contributed by atoms with Gasteiger partial charge in [-0.1, -0.05) is 17.3 Å². The molecule has 29 heavy (non-hydrogen) atoms. The summed E-state index contributed by atoms with van der Waals surface area (Å²) >= 11 is 2.52. The molecule has 2 aliphatic rings. The van der Waals surface area contributed by atoms with Gasteiger partial charge in [0.1, 0.15) is 29.4 Å². The molecule has 0 aliphatic carbocycles. The number of aliphatic carboxylic acids is 1. The van der Waals surface area contributed by atoms with Gasteiger partial charge in [-0.3, -0.25) is 14.5 Å². The molecule has 0 radical (unpaired) electrons. The van der Waals surface area contributed by atoms with Crippen LogP contribution in [0.15, 0.2) is 34.0 Å². The van der Waals surface area contributed by atoms with Crippen LogP contribution in [0.4, 0.5) is 5.13 Å². The number of carbonyl (C=O) groups excluding carboxylic acids is 2. The van der Waals surface area contributed by atoms with Crippen molar-refractivity contribution in [2.75, 3.05) is 18.1 Å². The number of β-lactam (4-membered cyclic amide) rings is 1. The van der Waals surface area contributed by atoms with Gasteiger partial charge in [0.05, 0.1) is 0 Å². The molecule has 0 saturated carbocycles. The Balaban J connectivity index is 1.80. The number of thioether (sulfide) groups is 1. The van der Waals surface area contributed by atoms with Crippen molar-refractivity contribution >= 4 is 51.7 Å². The number of amides is 2. The van der Waals surface area contributed by atoms with E-state index in [-0.39, 0.29) is 28.8 Å². The Labute approximate surface area is 174 Å². The van der Waals surface area contributed by atoms with Crippen LogP contribution in [-0.2, 0) is 19.2 Å². The zero-order valence-corrected chi connectivity index (χ0v) is 17.2. The molecule has 1 fully saturated rings. The van der Waals surface area contributed by atoms with Crippen LogP contribution < -0.4 is 11.1 Å². The van der Waals surface area contributed by atoms with E-state index in [1.165, 1.54) is 16.7 Å². The Morgan fingerprint density at radius 2 is 2.31 bits per heavy atom. The van der Waals surface area contributed by atoms with E-state index in [1.54, 1.807) is 31.4 Å². The van der Waals surface area contributed by atoms with Crippen molar-refractivity contribution < 1.29 is 24.3 Å². The van der Waals surface area contributed by atoms with Gasteiger partial charge >= 0.3 is 5.97 Å². The second-order valence-electron chi connectivity index (χ2n) is 5.97. The van der Waals surface area contributed by atoms with E-state index in [9.17, 15) is 19.5 Å². The molecule has 10 nitrogen and oxygen atoms in total. The second-order valence-corrected chi connectivity index (χ2v) is 7.96. The van der Waals surface area contributed by atoms with E-state index < -0.39 is 29.2 Å². The number of thiazole rings is 1. The lowest BCUT2D eigenvalue weighted by Crippen LogP contribution is -2.71. The third-order valence-corrected chi connectivity index (χ3v) is 6.10. The van der Waals surface area contributed by atoms with Gasteiger partial charge in [-0.15, -0.1) is 23.1 Å². The molecular formula is C17H19N5O5S2. The molecule has 1 unspecified atom stereocenters. The molecule has 3 heterocycles. The first kappa shape index (κ1) is 20.9. The fraction of sp³-hybridized carbons (Fsp3) is 0.353. The summed E-state index contributed by atoms with van der Waals surface area (Å²) < 4.78 is 0. The zero-order chi connectivity index (χ0) is 21.1. The Morgan fingerprint density at radius 3 is 2.90 bits per heavy atom. The number of carboxylic acids is 1. The molecule has 1 aromatic rings. The fourth-order valence-corrected chi connectivity index (χ4v) is 4.78. The van der Waals surface area contributed by atoms with Crippen molar-refractivity contribution in [2.45, 2.75) is 25.3 Å². The summed E-state index contributed by atoms with van der Waals surface area (Å²) in [4.78, 5) is 47.3. The summed E-state index contributed by atoms with van der Waals surface area (Å²) in [6, 6.07) is -0.878. The quantitative estimate of drug-likeness (QED) is 0.322. The van der Waals surface area contributed by atoms with E-state index in [2.05, 4.69) is 15.5 Å². The maximum atomic E-state index is 12.7. The van der Waals surface area contributed by atoms with Crippen molar-refractivity contribution in [1.82, 2.24) is 15.2 Å². The monoisotopic (exact) mass is 437 g/mol. The maximum Gasteiger partial charge on any atom is 0.352 e. The minimum absolute atomic E-state index is 0.0576. The summed E-state index contributed by atoms with van der Waals surface area (Å²) in [5.74, 6) is -1.92. The van der Waals surface area contributed by atoms with Crippen LogP contribution in [0.25, 0.3) is 0 Å². The van der Waals surface area contributed by atoms with E-state index in [0.717, 1.165) is 11.3 Å². The SMILES string of the molecule is C/C=C\C1=C(C(=O)O)N2C(=O)C(NC(=O)/C(=N\OCC)c3csc(N)n3)[C@H]2SC1. The van der Waals surface area contributed by atoms with Crippen LogP contribution in [-0.4, -0.2) is 62.3 Å². The average molecular weight is 438 g/mol. The number of carboxylic acid groups (broad SMARTS) is 1. The highest BCUT2D eigenvalue weighted by molar-refractivity contribution is 8.00. The molecule has 4 N–H and O–H groups in total. The summed E-state index contributed by atoms with van der Waals surface area (Å²) in [7, 11) is 0. The zero-order valence-electron chi connectivity index (χ0n) is 15.6. The lowest BCUT2D eigenvalue weighted by Gasteiger charge is -2.49. The van der Waals surface area contributed by atoms with E-state index in [1.807, 2.05) is 0 Å². The normalized spacial score (nSPS) is 21.8. The molecule has 1 aromatic heterocycles. The Kier molecular flexibility index (Phi) is 6.23. The summed E-state index contributed by atoms with van der Waals surface area (Å²) in [6.45, 7) is 3.72. The number of hydrogen-bond donors (Lipinski definition) is 3. The van der Waals surface area contributed by atoms with Crippen molar-refractivity contribution in [3.05, 3.63) is 34.5 Å². The fourth-order valence-electron chi connectivity index (χ4n) is 2.91. The van der Waals surface area contributed by atoms with Crippen LogP contribution >= 0.6 is 23.1 Å². The lowest BCUT2D eigenvalue weighted by atomic mass is 10.0. The highest BCUT2D eigenvalue weighted by Crippen LogP contribution is 2.40. The number of fused-ring (bicyclic) bond motifs is 1. The molecule has 0 spiro atoms. The number of nitrogens with zero attached hydrogens (tertiary/aromatic N) is 3. The Hall–Kier alpha value is -2.86. The number of aromatic nitrogens is 1. The highest BCUT2D eigenvalue weighted by Gasteiger charge is 2.54. The summed E-state index contributed by atoms with van der Waals surface area (Å²) in [5.41, 5.74) is 6.25. The number of rotatable bonds is 7. The Morgan fingerprint density at radius 1 is 1.55 bits per heavy atom. The lowest BCUT2D eigenvalue weighted by molar-refractivity contribution is -0.150. The number of hydrogen-bond acceptors (Lipinski definition) is 9. The van der Waals surface area contributed by atoms with Crippen LogP contribution in [0.1, 0.15) is 19.5 Å².